The molecule has 7 nitrogen and oxygen atoms in total. The molecular formula is C19H34IN5O2. The molecule has 1 aromatic rings. The van der Waals surface area contributed by atoms with Gasteiger partial charge in [-0.25, -0.2) is 0 Å². The van der Waals surface area contributed by atoms with Gasteiger partial charge in [0.15, 0.2) is 11.7 Å². The molecule has 0 bridgehead atoms. The van der Waals surface area contributed by atoms with Crippen molar-refractivity contribution in [1.82, 2.24) is 20.7 Å². The van der Waals surface area contributed by atoms with Gasteiger partial charge >= 0.3 is 0 Å². The highest BCUT2D eigenvalue weighted by molar-refractivity contribution is 14.0. The van der Waals surface area contributed by atoms with Crippen LogP contribution in [0, 0.1) is 0 Å². The van der Waals surface area contributed by atoms with E-state index in [2.05, 4.69) is 39.5 Å². The van der Waals surface area contributed by atoms with Crippen LogP contribution < -0.4 is 10.6 Å². The number of halogens is 1. The van der Waals surface area contributed by atoms with Gasteiger partial charge in [0.05, 0.1) is 12.2 Å². The quantitative estimate of drug-likeness (QED) is 0.362. The second-order valence-corrected chi connectivity index (χ2v) is 7.68. The van der Waals surface area contributed by atoms with Crippen LogP contribution in [0.15, 0.2) is 15.6 Å². The summed E-state index contributed by atoms with van der Waals surface area (Å²) in [7, 11) is 1.81. The van der Waals surface area contributed by atoms with E-state index in [0.717, 1.165) is 50.0 Å². The zero-order valence-corrected chi connectivity index (χ0v) is 19.1. The number of likely N-dealkylation sites (tertiary alicyclic amines) is 1. The summed E-state index contributed by atoms with van der Waals surface area (Å²) in [5, 5.41) is 11.0. The van der Waals surface area contributed by atoms with Crippen LogP contribution in [0.25, 0.3) is 0 Å². The van der Waals surface area contributed by atoms with E-state index in [4.69, 9.17) is 9.26 Å². The zero-order chi connectivity index (χ0) is 18.4. The van der Waals surface area contributed by atoms with Crippen LogP contribution >= 0.6 is 24.0 Å². The number of nitrogens with one attached hydrogen (secondary N) is 2. The van der Waals surface area contributed by atoms with Gasteiger partial charge in [-0.3, -0.25) is 9.89 Å². The summed E-state index contributed by atoms with van der Waals surface area (Å²) < 4.78 is 11.0. The average Bonchev–Trinajstić information content (AvgIpc) is 3.35. The Hall–Kier alpha value is -0.870. The van der Waals surface area contributed by atoms with Gasteiger partial charge in [0.25, 0.3) is 0 Å². The maximum Gasteiger partial charge on any atom is 0.191 e. The summed E-state index contributed by atoms with van der Waals surface area (Å²) in [6.07, 6.45) is 4.77. The minimum absolute atomic E-state index is 0. The van der Waals surface area contributed by atoms with Crippen molar-refractivity contribution in [1.29, 1.82) is 0 Å². The molecular weight excluding hydrogens is 457 g/mol. The van der Waals surface area contributed by atoms with Crippen molar-refractivity contribution in [2.24, 2.45) is 4.99 Å². The number of guanidine groups is 1. The highest BCUT2D eigenvalue weighted by Crippen LogP contribution is 2.30. The lowest BCUT2D eigenvalue weighted by Crippen LogP contribution is -2.58. The number of hydrogen-bond acceptors (Lipinski definition) is 5. The van der Waals surface area contributed by atoms with E-state index in [9.17, 15) is 0 Å². The largest absolute Gasteiger partial charge is 0.381 e. The van der Waals surface area contributed by atoms with Crippen molar-refractivity contribution in [2.75, 3.05) is 39.9 Å². The summed E-state index contributed by atoms with van der Waals surface area (Å²) in [4.78, 5) is 7.02. The predicted molar refractivity (Wildman–Crippen MR) is 118 cm³/mol. The monoisotopic (exact) mass is 491 g/mol. The SMILES string of the molecule is CN=C(NCc1cc(C(C)C)no1)NCC1(N2CCCC2)CCOCC1.I. The summed E-state index contributed by atoms with van der Waals surface area (Å²) in [6.45, 7) is 9.79. The fourth-order valence-electron chi connectivity index (χ4n) is 3.87. The summed E-state index contributed by atoms with van der Waals surface area (Å²) in [6, 6.07) is 2.01. The molecule has 0 radical (unpaired) electrons. The molecule has 2 fully saturated rings. The Kier molecular flexibility index (Phi) is 8.81. The molecule has 2 aliphatic heterocycles. The molecule has 0 spiro atoms. The topological polar surface area (TPSA) is 74.9 Å². The van der Waals surface area contributed by atoms with E-state index in [1.54, 1.807) is 0 Å². The Balaban J connectivity index is 0.00000261. The highest BCUT2D eigenvalue weighted by atomic mass is 127. The molecule has 8 heteroatoms. The van der Waals surface area contributed by atoms with Crippen molar-refractivity contribution in [3.8, 4) is 0 Å². The van der Waals surface area contributed by atoms with Crippen LogP contribution in [0.5, 0.6) is 0 Å². The average molecular weight is 491 g/mol. The number of aliphatic imine (C=N–C) groups is 1. The molecule has 0 aliphatic carbocycles. The number of aromatic nitrogens is 1. The molecule has 27 heavy (non-hydrogen) atoms. The Morgan fingerprint density at radius 2 is 1.96 bits per heavy atom. The van der Waals surface area contributed by atoms with Crippen molar-refractivity contribution in [2.45, 2.75) is 57.5 Å². The molecule has 0 atom stereocenters. The first-order valence-electron chi connectivity index (χ1n) is 9.86. The molecule has 0 saturated carbocycles. The van der Waals surface area contributed by atoms with Crippen molar-refractivity contribution in [3.05, 3.63) is 17.5 Å². The van der Waals surface area contributed by atoms with E-state index in [0.29, 0.717) is 12.5 Å². The Labute approximate surface area is 179 Å². The lowest BCUT2D eigenvalue weighted by Gasteiger charge is -2.45. The first kappa shape index (κ1) is 22.4. The van der Waals surface area contributed by atoms with Gasteiger partial charge in [-0.15, -0.1) is 24.0 Å². The Bertz CT molecular complexity index is 593. The Morgan fingerprint density at radius 1 is 1.26 bits per heavy atom. The third kappa shape index (κ3) is 5.80. The van der Waals surface area contributed by atoms with E-state index in [-0.39, 0.29) is 29.5 Å². The minimum Gasteiger partial charge on any atom is -0.381 e. The van der Waals surface area contributed by atoms with Crippen LogP contribution in [0.2, 0.25) is 0 Å². The third-order valence-corrected chi connectivity index (χ3v) is 5.61. The third-order valence-electron chi connectivity index (χ3n) is 5.61. The van der Waals surface area contributed by atoms with Gasteiger partial charge in [-0.1, -0.05) is 19.0 Å². The van der Waals surface area contributed by atoms with Crippen molar-refractivity contribution < 1.29 is 9.26 Å². The highest BCUT2D eigenvalue weighted by Gasteiger charge is 2.39. The minimum atomic E-state index is 0. The molecule has 3 rings (SSSR count). The van der Waals surface area contributed by atoms with Gasteiger partial charge in [0, 0.05) is 38.4 Å². The maximum absolute atomic E-state index is 5.62. The fraction of sp³-hybridized carbons (Fsp3) is 0.789. The second-order valence-electron chi connectivity index (χ2n) is 7.68. The summed E-state index contributed by atoms with van der Waals surface area (Å²) >= 11 is 0. The van der Waals surface area contributed by atoms with E-state index in [1.165, 1.54) is 25.9 Å². The fourth-order valence-corrected chi connectivity index (χ4v) is 3.87. The first-order chi connectivity index (χ1) is 12.6. The van der Waals surface area contributed by atoms with E-state index >= 15 is 0 Å². The van der Waals surface area contributed by atoms with Crippen molar-refractivity contribution >= 4 is 29.9 Å². The Morgan fingerprint density at radius 3 is 2.56 bits per heavy atom. The smallest absolute Gasteiger partial charge is 0.191 e. The molecule has 2 N–H and O–H groups in total. The van der Waals surface area contributed by atoms with Gasteiger partial charge in [0.1, 0.15) is 0 Å². The number of hydrogen-bond donors (Lipinski definition) is 2. The molecule has 2 aliphatic rings. The summed E-state index contributed by atoms with van der Waals surface area (Å²) in [5.74, 6) is 2.01. The first-order valence-corrected chi connectivity index (χ1v) is 9.86. The number of rotatable bonds is 6. The standard InChI is InChI=1S/C19H33N5O2.HI/c1-15(2)17-12-16(26-23-17)13-21-18(20-3)22-14-19(6-10-25-11-7-19)24-8-4-5-9-24;/h12,15H,4-11,13-14H2,1-3H3,(H2,20,21,22);1H. The molecule has 0 aromatic carbocycles. The van der Waals surface area contributed by atoms with Gasteiger partial charge in [-0.2, -0.15) is 0 Å². The van der Waals surface area contributed by atoms with Crippen molar-refractivity contribution in [3.63, 3.8) is 0 Å². The van der Waals surface area contributed by atoms with Gasteiger partial charge < -0.3 is 19.9 Å². The molecule has 2 saturated heterocycles. The van der Waals surface area contributed by atoms with E-state index in [1.807, 2.05) is 13.1 Å². The van der Waals surface area contributed by atoms with Crippen LogP contribution in [-0.2, 0) is 11.3 Å². The van der Waals surface area contributed by atoms with Crippen LogP contribution in [0.4, 0.5) is 0 Å². The summed E-state index contributed by atoms with van der Waals surface area (Å²) in [5.41, 5.74) is 1.17. The van der Waals surface area contributed by atoms with Crippen LogP contribution in [0.3, 0.4) is 0 Å². The number of ether oxygens (including phenoxy) is 1. The predicted octanol–water partition coefficient (Wildman–Crippen LogP) is 2.73. The zero-order valence-electron chi connectivity index (χ0n) is 16.8. The molecule has 0 amide bonds. The van der Waals surface area contributed by atoms with E-state index < -0.39 is 0 Å². The maximum atomic E-state index is 5.62. The number of nitrogens with zero attached hydrogens (tertiary/aromatic N) is 3. The van der Waals surface area contributed by atoms with Crippen LogP contribution in [-0.4, -0.2) is 61.5 Å². The lowest BCUT2D eigenvalue weighted by molar-refractivity contribution is -0.0164. The molecule has 154 valence electrons. The normalized spacial score (nSPS) is 20.5. The lowest BCUT2D eigenvalue weighted by atomic mass is 9.88. The molecule has 0 unspecified atom stereocenters. The van der Waals surface area contributed by atoms with Gasteiger partial charge in [-0.05, 0) is 44.7 Å². The van der Waals surface area contributed by atoms with Crippen LogP contribution in [0.1, 0.15) is 56.9 Å². The molecule has 3 heterocycles. The molecule has 1 aromatic heterocycles. The second kappa shape index (κ2) is 10.6. The van der Waals surface area contributed by atoms with Gasteiger partial charge in [0.2, 0.25) is 0 Å².